The van der Waals surface area contributed by atoms with E-state index < -0.39 is 0 Å². The van der Waals surface area contributed by atoms with Crippen molar-refractivity contribution in [3.05, 3.63) is 53.6 Å². The smallest absolute Gasteiger partial charge is 0.155 e. The fraction of sp³-hybridized carbons (Fsp3) is 0.429. The number of ether oxygens (including phenoxy) is 1. The minimum atomic E-state index is -0.0543. The summed E-state index contributed by atoms with van der Waals surface area (Å²) in [4.78, 5) is 13.7. The minimum Gasteiger partial charge on any atom is -0.493 e. The van der Waals surface area contributed by atoms with Crippen LogP contribution in [0.25, 0.3) is 5.65 Å². The third-order valence-corrected chi connectivity index (χ3v) is 5.93. The first-order valence-corrected chi connectivity index (χ1v) is 9.90. The molecule has 1 unspecified atom stereocenters. The molecule has 0 aliphatic carbocycles. The maximum atomic E-state index is 9.26. The van der Waals surface area contributed by atoms with E-state index in [0.29, 0.717) is 11.7 Å². The number of nitrogens with zero attached hydrogens (tertiary/aromatic N) is 5. The van der Waals surface area contributed by atoms with Crippen molar-refractivity contribution in [1.29, 1.82) is 0 Å². The number of anilines is 1. The van der Waals surface area contributed by atoms with Crippen molar-refractivity contribution in [1.82, 2.24) is 19.3 Å². The second-order valence-electron chi connectivity index (χ2n) is 7.57. The topological polar surface area (TPSA) is 66.1 Å². The molecule has 146 valence electrons. The molecular formula is C21H25N5O2. The maximum absolute atomic E-state index is 9.26. The molecule has 1 aromatic carbocycles. The maximum Gasteiger partial charge on any atom is 0.155 e. The molecule has 0 bridgehead atoms. The van der Waals surface area contributed by atoms with E-state index in [1.165, 1.54) is 11.1 Å². The average molecular weight is 379 g/mol. The molecule has 5 rings (SSSR count). The van der Waals surface area contributed by atoms with Crippen LogP contribution < -0.4 is 9.64 Å². The average Bonchev–Trinajstić information content (AvgIpc) is 3.38. The molecular weight excluding hydrogens is 354 g/mol. The zero-order valence-corrected chi connectivity index (χ0v) is 16.1. The predicted octanol–water partition coefficient (Wildman–Crippen LogP) is 2.04. The highest BCUT2D eigenvalue weighted by atomic mass is 16.5. The van der Waals surface area contributed by atoms with Crippen molar-refractivity contribution in [2.45, 2.75) is 26.0 Å². The summed E-state index contributed by atoms with van der Waals surface area (Å²) in [6, 6.07) is 7.05. The largest absolute Gasteiger partial charge is 0.493 e. The van der Waals surface area contributed by atoms with E-state index in [0.717, 1.165) is 56.4 Å². The summed E-state index contributed by atoms with van der Waals surface area (Å²) in [5.41, 5.74) is 4.07. The van der Waals surface area contributed by atoms with E-state index >= 15 is 0 Å². The normalized spacial score (nSPS) is 18.3. The minimum absolute atomic E-state index is 0.0543. The summed E-state index contributed by atoms with van der Waals surface area (Å²) in [7, 11) is 0. The highest BCUT2D eigenvalue weighted by molar-refractivity contribution is 5.46. The summed E-state index contributed by atoms with van der Waals surface area (Å²) in [5, 5.41) is 9.26. The number of aliphatic hydroxyl groups excluding tert-OH is 1. The first kappa shape index (κ1) is 17.5. The molecule has 3 aromatic rings. The van der Waals surface area contributed by atoms with Gasteiger partial charge in [-0.2, -0.15) is 0 Å². The predicted molar refractivity (Wildman–Crippen MR) is 107 cm³/mol. The molecule has 1 fully saturated rings. The first-order chi connectivity index (χ1) is 13.7. The van der Waals surface area contributed by atoms with Gasteiger partial charge in [0, 0.05) is 44.8 Å². The van der Waals surface area contributed by atoms with Gasteiger partial charge >= 0.3 is 0 Å². The van der Waals surface area contributed by atoms with Crippen molar-refractivity contribution >= 4 is 11.5 Å². The number of fused-ring (bicyclic) bond motifs is 2. The fourth-order valence-corrected chi connectivity index (χ4v) is 4.17. The number of benzene rings is 1. The third-order valence-electron chi connectivity index (χ3n) is 5.93. The Hall–Kier alpha value is -2.64. The number of rotatable bonds is 4. The SMILES string of the molecule is CC(c1ccc2c(c1)OCC2)N1CCN(c2cn3cc(CO)nc3cn2)CC1. The number of imidazole rings is 1. The van der Waals surface area contributed by atoms with Gasteiger partial charge in [-0.05, 0) is 24.1 Å². The number of aromatic nitrogens is 3. The summed E-state index contributed by atoms with van der Waals surface area (Å²) in [6.07, 6.45) is 6.65. The van der Waals surface area contributed by atoms with E-state index in [1.54, 1.807) is 6.20 Å². The molecule has 2 aromatic heterocycles. The lowest BCUT2D eigenvalue weighted by Gasteiger charge is -2.38. The fourth-order valence-electron chi connectivity index (χ4n) is 4.17. The van der Waals surface area contributed by atoms with Crippen LogP contribution in [0.4, 0.5) is 5.82 Å². The van der Waals surface area contributed by atoms with Crippen LogP contribution in [0.3, 0.4) is 0 Å². The van der Waals surface area contributed by atoms with E-state index in [1.807, 2.05) is 16.8 Å². The second-order valence-corrected chi connectivity index (χ2v) is 7.57. The van der Waals surface area contributed by atoms with Crippen LogP contribution in [0.2, 0.25) is 0 Å². The molecule has 1 saturated heterocycles. The van der Waals surface area contributed by atoms with Gasteiger partial charge in [0.25, 0.3) is 0 Å². The van der Waals surface area contributed by atoms with Gasteiger partial charge in [0.2, 0.25) is 0 Å². The van der Waals surface area contributed by atoms with Crippen molar-refractivity contribution in [2.75, 3.05) is 37.7 Å². The van der Waals surface area contributed by atoms with Gasteiger partial charge in [-0.15, -0.1) is 0 Å². The Morgan fingerprint density at radius 3 is 2.86 bits per heavy atom. The summed E-state index contributed by atoms with van der Waals surface area (Å²) in [5.74, 6) is 2.01. The van der Waals surface area contributed by atoms with E-state index in [4.69, 9.17) is 4.74 Å². The standard InChI is InChI=1S/C21H25N5O2/c1-15(17-3-2-16-4-9-28-19(16)10-17)24-5-7-25(8-6-24)21-13-26-12-18(14-27)23-20(26)11-22-21/h2-3,10-13,15,27H,4-9,14H2,1H3. The molecule has 0 amide bonds. The Bertz CT molecular complexity index is 994. The Morgan fingerprint density at radius 1 is 1.18 bits per heavy atom. The molecule has 0 spiro atoms. The van der Waals surface area contributed by atoms with Crippen molar-refractivity contribution in [3.63, 3.8) is 0 Å². The van der Waals surface area contributed by atoms with E-state index in [9.17, 15) is 5.11 Å². The molecule has 4 heterocycles. The highest BCUT2D eigenvalue weighted by Gasteiger charge is 2.24. The van der Waals surface area contributed by atoms with Gasteiger partial charge in [-0.3, -0.25) is 4.90 Å². The van der Waals surface area contributed by atoms with Crippen molar-refractivity contribution < 1.29 is 9.84 Å². The first-order valence-electron chi connectivity index (χ1n) is 9.90. The lowest BCUT2D eigenvalue weighted by atomic mass is 10.0. The molecule has 7 heteroatoms. The second kappa shape index (κ2) is 7.07. The Balaban J connectivity index is 1.27. The quantitative estimate of drug-likeness (QED) is 0.748. The summed E-state index contributed by atoms with van der Waals surface area (Å²) in [6.45, 7) is 6.88. The monoisotopic (exact) mass is 379 g/mol. The van der Waals surface area contributed by atoms with Gasteiger partial charge in [-0.25, -0.2) is 9.97 Å². The van der Waals surface area contributed by atoms with Crippen LogP contribution >= 0.6 is 0 Å². The molecule has 2 aliphatic heterocycles. The summed E-state index contributed by atoms with van der Waals surface area (Å²) < 4.78 is 7.68. The molecule has 1 atom stereocenters. The lowest BCUT2D eigenvalue weighted by molar-refractivity contribution is 0.198. The number of piperazine rings is 1. The van der Waals surface area contributed by atoms with Gasteiger partial charge < -0.3 is 19.1 Å². The van der Waals surface area contributed by atoms with E-state index in [2.05, 4.69) is 44.9 Å². The molecule has 1 N–H and O–H groups in total. The molecule has 28 heavy (non-hydrogen) atoms. The zero-order valence-electron chi connectivity index (χ0n) is 16.1. The molecule has 0 radical (unpaired) electrons. The summed E-state index contributed by atoms with van der Waals surface area (Å²) >= 11 is 0. The molecule has 0 saturated carbocycles. The van der Waals surface area contributed by atoms with Gasteiger partial charge in [0.1, 0.15) is 11.6 Å². The Labute approximate surface area is 164 Å². The Kier molecular flexibility index (Phi) is 4.41. The number of hydrogen-bond donors (Lipinski definition) is 1. The lowest BCUT2D eigenvalue weighted by Crippen LogP contribution is -2.47. The molecule has 7 nitrogen and oxygen atoms in total. The van der Waals surface area contributed by atoms with E-state index in [-0.39, 0.29) is 6.61 Å². The van der Waals surface area contributed by atoms with Crippen molar-refractivity contribution in [3.8, 4) is 5.75 Å². The van der Waals surface area contributed by atoms with Crippen LogP contribution in [0.1, 0.15) is 29.8 Å². The van der Waals surface area contributed by atoms with Crippen LogP contribution in [0.5, 0.6) is 5.75 Å². The van der Waals surface area contributed by atoms with Gasteiger partial charge in [0.15, 0.2) is 5.65 Å². The zero-order chi connectivity index (χ0) is 19.1. The number of hydrogen-bond acceptors (Lipinski definition) is 6. The van der Waals surface area contributed by atoms with Crippen LogP contribution in [0.15, 0.2) is 36.8 Å². The molecule has 2 aliphatic rings. The van der Waals surface area contributed by atoms with Gasteiger partial charge in [0.05, 0.1) is 31.3 Å². The number of aliphatic hydroxyl groups is 1. The third kappa shape index (κ3) is 3.10. The highest BCUT2D eigenvalue weighted by Crippen LogP contribution is 2.31. The van der Waals surface area contributed by atoms with Crippen molar-refractivity contribution in [2.24, 2.45) is 0 Å². The van der Waals surface area contributed by atoms with Gasteiger partial charge in [-0.1, -0.05) is 12.1 Å². The Morgan fingerprint density at radius 2 is 2.04 bits per heavy atom. The van der Waals surface area contributed by atoms with Crippen LogP contribution in [-0.4, -0.2) is 57.2 Å². The van der Waals surface area contributed by atoms with Crippen LogP contribution in [0, 0.1) is 0 Å². The van der Waals surface area contributed by atoms with Crippen LogP contribution in [-0.2, 0) is 13.0 Å².